The van der Waals surface area contributed by atoms with Gasteiger partial charge in [-0.2, -0.15) is 0 Å². The average Bonchev–Trinajstić information content (AvgIpc) is 3.50. The topological polar surface area (TPSA) is 27.7 Å². The Labute approximate surface area is 303 Å². The molecule has 258 valence electrons. The quantitative estimate of drug-likeness (QED) is 0.0851. The maximum Gasteiger partial charge on any atom is 0.211 e. The van der Waals surface area contributed by atoms with Gasteiger partial charge in [-0.05, 0) is 75.3 Å². The average molecular weight is 673 g/mol. The Morgan fingerprint density at radius 1 is 0.510 bits per heavy atom. The SMILES string of the molecule is CC(C)CC(c1ccc(OC(OCCOc2c(-c3ccccc3)cccc2-c2ccccc2)C2c3ccccc3-c3ccccc32)cc1)C(C)C. The number of ether oxygens (including phenoxy) is 3. The van der Waals surface area contributed by atoms with Crippen LogP contribution in [0.5, 0.6) is 11.5 Å². The van der Waals surface area contributed by atoms with Gasteiger partial charge in [-0.1, -0.05) is 167 Å². The lowest BCUT2D eigenvalue weighted by molar-refractivity contribution is -0.0949. The fraction of sp³-hybridized carbons (Fsp3) is 0.250. The number of fused-ring (bicyclic) bond motifs is 3. The fourth-order valence-corrected chi connectivity index (χ4v) is 7.61. The third-order valence-corrected chi connectivity index (χ3v) is 10.0. The molecular weight excluding hydrogens is 625 g/mol. The zero-order valence-electron chi connectivity index (χ0n) is 30.2. The smallest absolute Gasteiger partial charge is 0.211 e. The number of benzene rings is 6. The Kier molecular flexibility index (Phi) is 10.7. The largest absolute Gasteiger partial charge is 0.490 e. The Bertz CT molecular complexity index is 1910. The van der Waals surface area contributed by atoms with Crippen molar-refractivity contribution in [2.75, 3.05) is 13.2 Å². The molecule has 3 nitrogen and oxygen atoms in total. The zero-order chi connectivity index (χ0) is 35.2. The van der Waals surface area contributed by atoms with Crippen molar-refractivity contribution in [1.82, 2.24) is 0 Å². The van der Waals surface area contributed by atoms with Crippen molar-refractivity contribution in [3.8, 4) is 44.9 Å². The molecule has 0 fully saturated rings. The summed E-state index contributed by atoms with van der Waals surface area (Å²) >= 11 is 0. The molecule has 2 atom stereocenters. The van der Waals surface area contributed by atoms with Crippen LogP contribution in [0, 0.1) is 11.8 Å². The van der Waals surface area contributed by atoms with Gasteiger partial charge in [-0.15, -0.1) is 0 Å². The number of hydrogen-bond donors (Lipinski definition) is 0. The second-order valence-electron chi connectivity index (χ2n) is 14.3. The summed E-state index contributed by atoms with van der Waals surface area (Å²) in [6.45, 7) is 9.96. The van der Waals surface area contributed by atoms with Crippen LogP contribution >= 0.6 is 0 Å². The lowest BCUT2D eigenvalue weighted by Crippen LogP contribution is -2.30. The zero-order valence-corrected chi connectivity index (χ0v) is 30.2. The molecule has 0 heterocycles. The molecule has 51 heavy (non-hydrogen) atoms. The molecule has 0 saturated heterocycles. The van der Waals surface area contributed by atoms with E-state index in [2.05, 4.69) is 167 Å². The summed E-state index contributed by atoms with van der Waals surface area (Å²) in [6.07, 6.45) is 0.609. The van der Waals surface area contributed by atoms with Gasteiger partial charge in [0.25, 0.3) is 0 Å². The summed E-state index contributed by atoms with van der Waals surface area (Å²) < 4.78 is 20.3. The van der Waals surface area contributed by atoms with E-state index < -0.39 is 6.29 Å². The van der Waals surface area contributed by atoms with Gasteiger partial charge in [0.15, 0.2) is 0 Å². The van der Waals surface area contributed by atoms with Crippen LogP contribution in [0.2, 0.25) is 0 Å². The van der Waals surface area contributed by atoms with Crippen molar-refractivity contribution in [2.24, 2.45) is 11.8 Å². The predicted octanol–water partition coefficient (Wildman–Crippen LogP) is 12.4. The van der Waals surface area contributed by atoms with Crippen LogP contribution in [0.1, 0.15) is 62.6 Å². The van der Waals surface area contributed by atoms with Crippen molar-refractivity contribution in [3.63, 3.8) is 0 Å². The lowest BCUT2D eigenvalue weighted by atomic mass is 9.82. The summed E-state index contributed by atoms with van der Waals surface area (Å²) in [5.74, 6) is 3.29. The maximum absolute atomic E-state index is 6.85. The highest BCUT2D eigenvalue weighted by atomic mass is 16.7. The second-order valence-corrected chi connectivity index (χ2v) is 14.3. The first-order chi connectivity index (χ1) is 25.0. The van der Waals surface area contributed by atoms with Crippen molar-refractivity contribution in [3.05, 3.63) is 168 Å². The molecule has 1 aliphatic rings. The third kappa shape index (κ3) is 7.65. The van der Waals surface area contributed by atoms with Crippen LogP contribution in [0.3, 0.4) is 0 Å². The van der Waals surface area contributed by atoms with E-state index in [1.165, 1.54) is 34.2 Å². The summed E-state index contributed by atoms with van der Waals surface area (Å²) in [4.78, 5) is 0. The van der Waals surface area contributed by atoms with Crippen molar-refractivity contribution >= 4 is 0 Å². The van der Waals surface area contributed by atoms with Gasteiger partial charge < -0.3 is 14.2 Å². The highest BCUT2D eigenvalue weighted by molar-refractivity contribution is 5.82. The Morgan fingerprint density at radius 2 is 1.02 bits per heavy atom. The molecule has 0 aliphatic heterocycles. The normalized spacial score (nSPS) is 13.5. The van der Waals surface area contributed by atoms with E-state index in [4.69, 9.17) is 14.2 Å². The number of rotatable bonds is 14. The Morgan fingerprint density at radius 3 is 1.55 bits per heavy atom. The first kappa shape index (κ1) is 34.3. The number of hydrogen-bond acceptors (Lipinski definition) is 3. The molecule has 0 saturated carbocycles. The van der Waals surface area contributed by atoms with E-state index in [1.807, 2.05) is 12.1 Å². The molecule has 1 aliphatic carbocycles. The van der Waals surface area contributed by atoms with Crippen LogP contribution in [0.15, 0.2) is 152 Å². The molecule has 6 aromatic carbocycles. The molecule has 6 aromatic rings. The molecule has 0 N–H and O–H groups in total. The van der Waals surface area contributed by atoms with Gasteiger partial charge in [0.1, 0.15) is 18.1 Å². The van der Waals surface area contributed by atoms with E-state index in [1.54, 1.807) is 0 Å². The van der Waals surface area contributed by atoms with Crippen LogP contribution in [0.4, 0.5) is 0 Å². The molecule has 0 aromatic heterocycles. The molecule has 0 radical (unpaired) electrons. The van der Waals surface area contributed by atoms with Crippen LogP contribution in [-0.4, -0.2) is 19.5 Å². The minimum atomic E-state index is -0.557. The second kappa shape index (κ2) is 15.8. The van der Waals surface area contributed by atoms with Crippen LogP contribution < -0.4 is 9.47 Å². The van der Waals surface area contributed by atoms with Gasteiger partial charge in [0.05, 0.1) is 12.5 Å². The van der Waals surface area contributed by atoms with E-state index in [0.29, 0.717) is 31.0 Å². The number of para-hydroxylation sites is 1. The lowest BCUT2D eigenvalue weighted by Gasteiger charge is -2.28. The molecular formula is C48H48O3. The van der Waals surface area contributed by atoms with Gasteiger partial charge in [0.2, 0.25) is 6.29 Å². The molecule has 0 amide bonds. The molecule has 0 spiro atoms. The fourth-order valence-electron chi connectivity index (χ4n) is 7.61. The summed E-state index contributed by atoms with van der Waals surface area (Å²) in [5, 5.41) is 0. The third-order valence-electron chi connectivity index (χ3n) is 10.0. The minimum absolute atomic E-state index is 0.0853. The van der Waals surface area contributed by atoms with Crippen molar-refractivity contribution in [1.29, 1.82) is 0 Å². The van der Waals surface area contributed by atoms with Gasteiger partial charge in [0, 0.05) is 11.1 Å². The highest BCUT2D eigenvalue weighted by Crippen LogP contribution is 2.47. The maximum atomic E-state index is 6.85. The van der Waals surface area contributed by atoms with Gasteiger partial charge in [-0.25, -0.2) is 0 Å². The Balaban J connectivity index is 1.17. The molecule has 3 heteroatoms. The van der Waals surface area contributed by atoms with E-state index in [0.717, 1.165) is 33.8 Å². The summed E-state index contributed by atoms with van der Waals surface area (Å²) in [7, 11) is 0. The summed E-state index contributed by atoms with van der Waals surface area (Å²) in [6, 6.07) is 53.2. The van der Waals surface area contributed by atoms with Gasteiger partial charge >= 0.3 is 0 Å². The van der Waals surface area contributed by atoms with E-state index in [9.17, 15) is 0 Å². The first-order valence-corrected chi connectivity index (χ1v) is 18.4. The minimum Gasteiger partial charge on any atom is -0.490 e. The monoisotopic (exact) mass is 672 g/mol. The Hall–Kier alpha value is -5.12. The molecule has 7 rings (SSSR count). The van der Waals surface area contributed by atoms with Crippen LogP contribution in [-0.2, 0) is 4.74 Å². The first-order valence-electron chi connectivity index (χ1n) is 18.4. The standard InChI is InChI=1S/C48H48O3/c1-33(2)32-45(34(3)4)37-26-28-38(29-27-37)51-48(46-43-22-13-11-20-41(43)42-21-12-14-23-44(42)46)50-31-30-49-47-39(35-16-7-5-8-17-35)24-15-25-40(47)36-18-9-6-10-19-36/h5-29,33-34,45-46,48H,30-32H2,1-4H3. The summed E-state index contributed by atoms with van der Waals surface area (Å²) in [5.41, 5.74) is 10.6. The predicted molar refractivity (Wildman–Crippen MR) is 210 cm³/mol. The molecule has 0 bridgehead atoms. The molecule has 2 unspecified atom stereocenters. The van der Waals surface area contributed by atoms with Crippen molar-refractivity contribution < 1.29 is 14.2 Å². The van der Waals surface area contributed by atoms with E-state index >= 15 is 0 Å². The van der Waals surface area contributed by atoms with Crippen LogP contribution in [0.25, 0.3) is 33.4 Å². The van der Waals surface area contributed by atoms with Crippen molar-refractivity contribution in [2.45, 2.75) is 52.2 Å². The van der Waals surface area contributed by atoms with E-state index in [-0.39, 0.29) is 5.92 Å². The van der Waals surface area contributed by atoms with Gasteiger partial charge in [-0.3, -0.25) is 0 Å². The highest BCUT2D eigenvalue weighted by Gasteiger charge is 2.36.